The van der Waals surface area contributed by atoms with Crippen molar-refractivity contribution in [3.8, 4) is 0 Å². The molecule has 0 amide bonds. The molecule has 0 radical (unpaired) electrons. The molecule has 0 aliphatic heterocycles. The first-order chi connectivity index (χ1) is 8.78. The van der Waals surface area contributed by atoms with Crippen LogP contribution in [0.2, 0.25) is 0 Å². The van der Waals surface area contributed by atoms with Crippen molar-refractivity contribution in [2.75, 3.05) is 5.33 Å². The summed E-state index contributed by atoms with van der Waals surface area (Å²) in [6, 6.07) is 2.30. The molecule has 0 spiro atoms. The summed E-state index contributed by atoms with van der Waals surface area (Å²) in [7, 11) is 0. The minimum Gasteiger partial charge on any atom is -0.152 e. The fourth-order valence-corrected chi connectivity index (χ4v) is 4.68. The van der Waals surface area contributed by atoms with E-state index in [1.807, 2.05) is 11.3 Å². The summed E-state index contributed by atoms with van der Waals surface area (Å²) in [4.78, 5) is 0. The largest absolute Gasteiger partial charge is 0.152 e. The monoisotopic (exact) mass is 328 g/mol. The van der Waals surface area contributed by atoms with Gasteiger partial charge in [0.2, 0.25) is 0 Å². The second-order valence-electron chi connectivity index (χ2n) is 6.03. The van der Waals surface area contributed by atoms with Crippen molar-refractivity contribution in [3.63, 3.8) is 0 Å². The van der Waals surface area contributed by atoms with Crippen LogP contribution in [0.4, 0.5) is 0 Å². The van der Waals surface area contributed by atoms with Crippen LogP contribution in [0.15, 0.2) is 16.8 Å². The van der Waals surface area contributed by atoms with E-state index in [0.717, 1.165) is 5.92 Å². The molecule has 0 nitrogen and oxygen atoms in total. The van der Waals surface area contributed by atoms with Gasteiger partial charge in [-0.2, -0.15) is 11.3 Å². The fourth-order valence-electron chi connectivity index (χ4n) is 3.26. The van der Waals surface area contributed by atoms with Gasteiger partial charge in [-0.25, -0.2) is 0 Å². The maximum Gasteiger partial charge on any atom is 0.00911 e. The zero-order valence-corrected chi connectivity index (χ0v) is 13.9. The van der Waals surface area contributed by atoms with E-state index in [-0.39, 0.29) is 0 Å². The quantitative estimate of drug-likeness (QED) is 0.557. The Morgan fingerprint density at radius 3 is 2.72 bits per heavy atom. The lowest BCUT2D eigenvalue weighted by Gasteiger charge is -2.39. The topological polar surface area (TPSA) is 0 Å². The van der Waals surface area contributed by atoms with Crippen LogP contribution < -0.4 is 0 Å². The third-order valence-corrected chi connectivity index (χ3v) is 6.50. The molecule has 1 heterocycles. The van der Waals surface area contributed by atoms with Gasteiger partial charge in [0, 0.05) is 5.33 Å². The van der Waals surface area contributed by atoms with Gasteiger partial charge in [-0.3, -0.25) is 0 Å². The summed E-state index contributed by atoms with van der Waals surface area (Å²) < 4.78 is 0. The smallest absolute Gasteiger partial charge is 0.00911 e. The molecule has 0 atom stereocenters. The van der Waals surface area contributed by atoms with Gasteiger partial charge in [-0.1, -0.05) is 42.1 Å². The van der Waals surface area contributed by atoms with Crippen molar-refractivity contribution in [1.82, 2.24) is 0 Å². The molecule has 0 N–H and O–H groups in total. The highest BCUT2D eigenvalue weighted by molar-refractivity contribution is 9.09. The van der Waals surface area contributed by atoms with Gasteiger partial charge >= 0.3 is 0 Å². The summed E-state index contributed by atoms with van der Waals surface area (Å²) in [6.45, 7) is 2.31. The van der Waals surface area contributed by atoms with Crippen LogP contribution >= 0.6 is 27.3 Å². The Balaban J connectivity index is 1.87. The molecule has 0 saturated heterocycles. The molecule has 102 valence electrons. The van der Waals surface area contributed by atoms with Crippen LogP contribution in [0.1, 0.15) is 57.4 Å². The number of halogens is 1. The van der Waals surface area contributed by atoms with Crippen molar-refractivity contribution in [1.29, 1.82) is 0 Å². The Hall–Kier alpha value is 0.180. The van der Waals surface area contributed by atoms with E-state index in [4.69, 9.17) is 0 Å². The molecule has 1 aliphatic rings. The Labute approximate surface area is 124 Å². The highest BCUT2D eigenvalue weighted by atomic mass is 79.9. The van der Waals surface area contributed by atoms with Gasteiger partial charge in [0.05, 0.1) is 0 Å². The van der Waals surface area contributed by atoms with Crippen molar-refractivity contribution in [2.45, 2.75) is 58.3 Å². The van der Waals surface area contributed by atoms with Crippen LogP contribution in [0.25, 0.3) is 0 Å². The van der Waals surface area contributed by atoms with Crippen molar-refractivity contribution >= 4 is 27.3 Å². The van der Waals surface area contributed by atoms with E-state index in [1.165, 1.54) is 56.7 Å². The highest BCUT2D eigenvalue weighted by Crippen LogP contribution is 2.44. The summed E-state index contributed by atoms with van der Waals surface area (Å²) in [5, 5.41) is 5.72. The number of hydrogen-bond acceptors (Lipinski definition) is 1. The Morgan fingerprint density at radius 1 is 1.39 bits per heavy atom. The van der Waals surface area contributed by atoms with Gasteiger partial charge in [0.1, 0.15) is 0 Å². The molecule has 0 bridgehead atoms. The number of hydrogen-bond donors (Lipinski definition) is 0. The average Bonchev–Trinajstić information content (AvgIpc) is 2.91. The highest BCUT2D eigenvalue weighted by Gasteiger charge is 2.34. The molecule has 1 saturated carbocycles. The van der Waals surface area contributed by atoms with E-state index in [1.54, 1.807) is 5.56 Å². The lowest BCUT2D eigenvalue weighted by Crippen LogP contribution is -2.31. The van der Waals surface area contributed by atoms with E-state index in [9.17, 15) is 0 Å². The summed E-state index contributed by atoms with van der Waals surface area (Å²) >= 11 is 5.62. The SMILES string of the molecule is CCCCC1CCC(CBr)(Cc2ccsc2)CC1. The van der Waals surface area contributed by atoms with E-state index in [2.05, 4.69) is 39.7 Å². The predicted molar refractivity (Wildman–Crippen MR) is 85.7 cm³/mol. The Morgan fingerprint density at radius 2 is 2.17 bits per heavy atom. The van der Waals surface area contributed by atoms with E-state index < -0.39 is 0 Å². The molecule has 1 aliphatic carbocycles. The van der Waals surface area contributed by atoms with Gasteiger partial charge in [-0.15, -0.1) is 0 Å². The molecule has 1 aromatic heterocycles. The van der Waals surface area contributed by atoms with Crippen LogP contribution in [0, 0.1) is 11.3 Å². The molecule has 0 unspecified atom stereocenters. The lowest BCUT2D eigenvalue weighted by molar-refractivity contribution is 0.169. The number of thiophene rings is 1. The minimum atomic E-state index is 0.545. The van der Waals surface area contributed by atoms with Gasteiger partial charge in [0.15, 0.2) is 0 Å². The third-order valence-electron chi connectivity index (χ3n) is 4.57. The first-order valence-corrected chi connectivity index (χ1v) is 9.41. The Bertz CT molecular complexity index is 323. The van der Waals surface area contributed by atoms with Crippen LogP contribution in [0.3, 0.4) is 0 Å². The van der Waals surface area contributed by atoms with E-state index in [0.29, 0.717) is 5.41 Å². The number of unbranched alkanes of at least 4 members (excludes halogenated alkanes) is 1. The number of alkyl halides is 1. The van der Waals surface area contributed by atoms with Crippen molar-refractivity contribution in [3.05, 3.63) is 22.4 Å². The second-order valence-corrected chi connectivity index (χ2v) is 7.37. The van der Waals surface area contributed by atoms with Gasteiger partial charge in [0.25, 0.3) is 0 Å². The number of rotatable bonds is 6. The summed E-state index contributed by atoms with van der Waals surface area (Å²) in [6.07, 6.45) is 11.3. The molecule has 0 aromatic carbocycles. The molecular formula is C16H25BrS. The standard InChI is InChI=1S/C16H25BrS/c1-2-3-4-14-5-8-16(13-17,9-6-14)11-15-7-10-18-12-15/h7,10,12,14H,2-6,8-9,11,13H2,1H3. The van der Waals surface area contributed by atoms with Gasteiger partial charge in [-0.05, 0) is 65.8 Å². The summed E-state index contributed by atoms with van der Waals surface area (Å²) in [5.41, 5.74) is 2.09. The first-order valence-electron chi connectivity index (χ1n) is 7.35. The summed E-state index contributed by atoms with van der Waals surface area (Å²) in [5.74, 6) is 1.01. The first kappa shape index (κ1) is 14.6. The van der Waals surface area contributed by atoms with Crippen molar-refractivity contribution in [2.24, 2.45) is 11.3 Å². The minimum absolute atomic E-state index is 0.545. The molecule has 2 heteroatoms. The zero-order valence-electron chi connectivity index (χ0n) is 11.5. The maximum absolute atomic E-state index is 3.79. The lowest BCUT2D eigenvalue weighted by atomic mass is 9.68. The maximum atomic E-state index is 3.79. The second kappa shape index (κ2) is 7.09. The molecule has 1 fully saturated rings. The Kier molecular flexibility index (Phi) is 5.75. The van der Waals surface area contributed by atoms with E-state index >= 15 is 0 Å². The molecule has 2 rings (SSSR count). The van der Waals surface area contributed by atoms with Crippen molar-refractivity contribution < 1.29 is 0 Å². The van der Waals surface area contributed by atoms with Crippen LogP contribution in [-0.4, -0.2) is 5.33 Å². The molecule has 1 aromatic rings. The fraction of sp³-hybridized carbons (Fsp3) is 0.750. The predicted octanol–water partition coefficient (Wildman–Crippen LogP) is 6.05. The molecular weight excluding hydrogens is 304 g/mol. The van der Waals surface area contributed by atoms with Gasteiger partial charge < -0.3 is 0 Å². The molecule has 18 heavy (non-hydrogen) atoms. The van der Waals surface area contributed by atoms with Crippen LogP contribution in [-0.2, 0) is 6.42 Å². The normalized spacial score (nSPS) is 28.4. The average molecular weight is 329 g/mol. The third kappa shape index (κ3) is 3.84. The zero-order chi connectivity index (χ0) is 12.8. The van der Waals surface area contributed by atoms with Crippen LogP contribution in [0.5, 0.6) is 0 Å².